The van der Waals surface area contributed by atoms with Crippen LogP contribution in [0.2, 0.25) is 0 Å². The van der Waals surface area contributed by atoms with Crippen LogP contribution in [0.25, 0.3) is 0 Å². The van der Waals surface area contributed by atoms with Gasteiger partial charge in [-0.1, -0.05) is 51.1 Å². The fourth-order valence-corrected chi connectivity index (χ4v) is 4.32. The van der Waals surface area contributed by atoms with Crippen LogP contribution in [0.4, 0.5) is 4.79 Å². The van der Waals surface area contributed by atoms with Crippen molar-refractivity contribution in [3.8, 4) is 0 Å². The molecule has 2 heterocycles. The number of hydrogen-bond acceptors (Lipinski definition) is 3. The molecule has 1 N–H and O–H groups in total. The second-order valence-electron chi connectivity index (χ2n) is 8.95. The third kappa shape index (κ3) is 5.11. The predicted molar refractivity (Wildman–Crippen MR) is 114 cm³/mol. The Hall–Kier alpha value is -1.92. The van der Waals surface area contributed by atoms with Crippen LogP contribution in [-0.2, 0) is 22.2 Å². The van der Waals surface area contributed by atoms with E-state index in [1.54, 1.807) is 11.3 Å². The van der Waals surface area contributed by atoms with Gasteiger partial charge in [0, 0.05) is 17.7 Å². The van der Waals surface area contributed by atoms with E-state index in [0.717, 1.165) is 36.4 Å². The molecule has 0 spiro atoms. The molecule has 1 aromatic heterocycles. The number of nitrogens with zero attached hydrogens (tertiary/aromatic N) is 2. The second kappa shape index (κ2) is 8.21. The van der Waals surface area contributed by atoms with Crippen molar-refractivity contribution in [2.24, 2.45) is 4.99 Å². The van der Waals surface area contributed by atoms with Gasteiger partial charge in [-0.3, -0.25) is 0 Å². The van der Waals surface area contributed by atoms with Gasteiger partial charge < -0.3 is 14.6 Å². The standard InChI is InChI=1S/C22H31N3O2S/c1-21(2,3)18-15-25(14-17-12-9-13-27-17)20(28-18)23-19(26)24-22(4,5)16-10-7-6-8-11-16/h6-8,10-11,15,17H,9,12-14H2,1-5H3,(H,24,26)/t17-/m1/s1. The summed E-state index contributed by atoms with van der Waals surface area (Å²) in [4.78, 5) is 19.1. The van der Waals surface area contributed by atoms with Crippen molar-refractivity contribution in [2.45, 2.75) is 71.1 Å². The first kappa shape index (κ1) is 20.8. The highest BCUT2D eigenvalue weighted by molar-refractivity contribution is 7.09. The van der Waals surface area contributed by atoms with Crippen LogP contribution in [0, 0.1) is 0 Å². The van der Waals surface area contributed by atoms with Crippen molar-refractivity contribution in [2.75, 3.05) is 6.61 Å². The first-order valence-corrected chi connectivity index (χ1v) is 10.7. The van der Waals surface area contributed by atoms with Crippen LogP contribution in [0.1, 0.15) is 57.9 Å². The van der Waals surface area contributed by atoms with Gasteiger partial charge in [-0.25, -0.2) is 4.79 Å². The molecule has 1 aliphatic rings. The smallest absolute Gasteiger partial charge is 0.344 e. The number of thiazole rings is 1. The summed E-state index contributed by atoms with van der Waals surface area (Å²) in [5.41, 5.74) is 0.564. The van der Waals surface area contributed by atoms with E-state index in [2.05, 4.69) is 41.8 Å². The van der Waals surface area contributed by atoms with Gasteiger partial charge in [-0.2, -0.15) is 4.99 Å². The fourth-order valence-electron chi connectivity index (χ4n) is 3.26. The fraction of sp³-hybridized carbons (Fsp3) is 0.545. The zero-order chi connectivity index (χ0) is 20.4. The van der Waals surface area contributed by atoms with Gasteiger partial charge in [0.05, 0.1) is 18.2 Å². The monoisotopic (exact) mass is 401 g/mol. The number of urea groups is 1. The van der Waals surface area contributed by atoms with Gasteiger partial charge >= 0.3 is 6.03 Å². The molecule has 2 amide bonds. The number of amides is 2. The lowest BCUT2D eigenvalue weighted by Gasteiger charge is -2.25. The minimum absolute atomic E-state index is 0.0104. The normalized spacial score (nSPS) is 18.5. The van der Waals surface area contributed by atoms with Gasteiger partial charge in [-0.15, -0.1) is 11.3 Å². The van der Waals surface area contributed by atoms with Crippen LogP contribution in [-0.4, -0.2) is 23.3 Å². The molecule has 5 nitrogen and oxygen atoms in total. The molecule has 3 rings (SSSR count). The van der Waals surface area contributed by atoms with Gasteiger partial charge in [0.25, 0.3) is 0 Å². The van der Waals surface area contributed by atoms with E-state index in [-0.39, 0.29) is 17.6 Å². The summed E-state index contributed by atoms with van der Waals surface area (Å²) in [7, 11) is 0. The molecule has 6 heteroatoms. The molecule has 0 aliphatic carbocycles. The Morgan fingerprint density at radius 2 is 1.96 bits per heavy atom. The lowest BCUT2D eigenvalue weighted by Crippen LogP contribution is -2.40. The number of ether oxygens (including phenoxy) is 1. The highest BCUT2D eigenvalue weighted by atomic mass is 32.1. The van der Waals surface area contributed by atoms with E-state index in [1.165, 1.54) is 4.88 Å². The molecule has 152 valence electrons. The maximum Gasteiger partial charge on any atom is 0.344 e. The van der Waals surface area contributed by atoms with Gasteiger partial charge in [0.1, 0.15) is 0 Å². The number of aromatic nitrogens is 1. The van der Waals surface area contributed by atoms with Crippen molar-refractivity contribution < 1.29 is 9.53 Å². The number of carbonyl (C=O) groups excluding carboxylic acids is 1. The average molecular weight is 402 g/mol. The molecule has 2 aromatic rings. The van der Waals surface area contributed by atoms with Crippen LogP contribution in [0.5, 0.6) is 0 Å². The Morgan fingerprint density at radius 1 is 1.25 bits per heavy atom. The quantitative estimate of drug-likeness (QED) is 0.816. The molecule has 1 aliphatic heterocycles. The van der Waals surface area contributed by atoms with E-state index in [9.17, 15) is 4.79 Å². The zero-order valence-electron chi connectivity index (χ0n) is 17.5. The summed E-state index contributed by atoms with van der Waals surface area (Å²) in [6, 6.07) is 9.63. The molecule has 1 saturated heterocycles. The molecule has 0 bridgehead atoms. The molecule has 28 heavy (non-hydrogen) atoms. The molecular weight excluding hydrogens is 370 g/mol. The molecule has 1 atom stereocenters. The summed E-state index contributed by atoms with van der Waals surface area (Å²) in [6.45, 7) is 12.1. The van der Waals surface area contributed by atoms with E-state index in [4.69, 9.17) is 4.74 Å². The molecule has 0 radical (unpaired) electrons. The maximum atomic E-state index is 12.7. The van der Waals surface area contributed by atoms with Crippen LogP contribution in [0.3, 0.4) is 0 Å². The van der Waals surface area contributed by atoms with Crippen LogP contribution >= 0.6 is 11.3 Å². The molecular formula is C22H31N3O2S. The summed E-state index contributed by atoms with van der Waals surface area (Å²) in [6.07, 6.45) is 4.48. The Balaban J connectivity index is 1.86. The highest BCUT2D eigenvalue weighted by Crippen LogP contribution is 2.25. The van der Waals surface area contributed by atoms with Gasteiger partial charge in [-0.05, 0) is 37.7 Å². The van der Waals surface area contributed by atoms with Crippen molar-refractivity contribution >= 4 is 17.4 Å². The first-order valence-electron chi connectivity index (χ1n) is 9.90. The first-order chi connectivity index (χ1) is 13.1. The Labute approximate surface area is 171 Å². The molecule has 0 saturated carbocycles. The minimum Gasteiger partial charge on any atom is -0.376 e. The summed E-state index contributed by atoms with van der Waals surface area (Å²) < 4.78 is 7.87. The van der Waals surface area contributed by atoms with E-state index in [0.29, 0.717) is 0 Å². The van der Waals surface area contributed by atoms with Crippen molar-refractivity contribution in [1.82, 2.24) is 9.88 Å². The number of hydrogen-bond donors (Lipinski definition) is 1. The second-order valence-corrected chi connectivity index (χ2v) is 9.96. The number of nitrogens with one attached hydrogen (secondary N) is 1. The molecule has 1 fully saturated rings. The predicted octanol–water partition coefficient (Wildman–Crippen LogP) is 4.57. The van der Waals surface area contributed by atoms with Crippen molar-refractivity contribution in [1.29, 1.82) is 0 Å². The number of rotatable bonds is 4. The average Bonchev–Trinajstić information content (AvgIpc) is 3.26. The summed E-state index contributed by atoms with van der Waals surface area (Å²) >= 11 is 1.58. The Bertz CT molecular complexity index is 869. The number of benzene rings is 1. The van der Waals surface area contributed by atoms with E-state index < -0.39 is 5.54 Å². The summed E-state index contributed by atoms with van der Waals surface area (Å²) in [5, 5.41) is 3.05. The van der Waals surface area contributed by atoms with Gasteiger partial charge in [0.2, 0.25) is 0 Å². The molecule has 0 unspecified atom stereocenters. The zero-order valence-corrected chi connectivity index (χ0v) is 18.3. The SMILES string of the molecule is CC(C)(C)c1cn(C[C@H]2CCCO2)c(=NC(=O)NC(C)(C)c2ccccc2)s1. The minimum atomic E-state index is -0.495. The topological polar surface area (TPSA) is 55.6 Å². The lowest BCUT2D eigenvalue weighted by molar-refractivity contribution is 0.0963. The largest absolute Gasteiger partial charge is 0.376 e. The molecule has 1 aromatic carbocycles. The van der Waals surface area contributed by atoms with Crippen molar-refractivity contribution in [3.63, 3.8) is 0 Å². The summed E-state index contributed by atoms with van der Waals surface area (Å²) in [5.74, 6) is 0. The van der Waals surface area contributed by atoms with Crippen LogP contribution < -0.4 is 10.1 Å². The number of carbonyl (C=O) groups is 1. The maximum absolute atomic E-state index is 12.7. The third-order valence-electron chi connectivity index (χ3n) is 5.00. The van der Waals surface area contributed by atoms with Crippen LogP contribution in [0.15, 0.2) is 41.5 Å². The van der Waals surface area contributed by atoms with Crippen molar-refractivity contribution in [3.05, 3.63) is 51.8 Å². The highest BCUT2D eigenvalue weighted by Gasteiger charge is 2.24. The van der Waals surface area contributed by atoms with E-state index in [1.807, 2.05) is 44.2 Å². The Kier molecular flexibility index (Phi) is 6.10. The lowest BCUT2D eigenvalue weighted by atomic mass is 9.95. The third-order valence-corrected chi connectivity index (χ3v) is 6.44. The Morgan fingerprint density at radius 3 is 2.57 bits per heavy atom. The van der Waals surface area contributed by atoms with Gasteiger partial charge in [0.15, 0.2) is 4.80 Å². The van der Waals surface area contributed by atoms with E-state index >= 15 is 0 Å².